The Hall–Kier alpha value is -3.87. The van der Waals surface area contributed by atoms with Crippen molar-refractivity contribution < 1.29 is 38.2 Å². The van der Waals surface area contributed by atoms with Gasteiger partial charge < -0.3 is 19.5 Å². The van der Waals surface area contributed by atoms with Crippen molar-refractivity contribution in [2.75, 3.05) is 26.8 Å². The van der Waals surface area contributed by atoms with Crippen molar-refractivity contribution in [2.45, 2.75) is 51.0 Å². The number of hydrogen-bond donors (Lipinski definition) is 2. The number of hydrazine groups is 2. The van der Waals surface area contributed by atoms with Gasteiger partial charge in [-0.05, 0) is 44.0 Å². The highest BCUT2D eigenvalue weighted by atomic mass is 16.7. The molecule has 1 aromatic carbocycles. The summed E-state index contributed by atoms with van der Waals surface area (Å²) in [7, 11) is 1.51. The zero-order valence-corrected chi connectivity index (χ0v) is 20.1. The third kappa shape index (κ3) is 5.20. The lowest BCUT2D eigenvalue weighted by Gasteiger charge is -2.43. The van der Waals surface area contributed by atoms with Gasteiger partial charge >= 0.3 is 12.0 Å². The Labute approximate surface area is 207 Å². The van der Waals surface area contributed by atoms with Crippen molar-refractivity contribution in [3.8, 4) is 5.75 Å². The minimum Gasteiger partial charge on any atom is -0.497 e. The minimum absolute atomic E-state index is 0.0309. The quantitative estimate of drug-likeness (QED) is 0.501. The number of fused-ring (bicyclic) bond motifs is 1. The van der Waals surface area contributed by atoms with E-state index in [1.165, 1.54) is 12.1 Å². The number of carbonyl (C=O) groups is 5. The summed E-state index contributed by atoms with van der Waals surface area (Å²) in [6.07, 6.45) is -0.225. The van der Waals surface area contributed by atoms with Gasteiger partial charge in [0.05, 0.1) is 20.1 Å². The number of amides is 5. The summed E-state index contributed by atoms with van der Waals surface area (Å²) in [5.41, 5.74) is 2.83. The number of nitrogens with zero attached hydrogens (tertiary/aromatic N) is 3. The zero-order chi connectivity index (χ0) is 25.8. The molecule has 3 aliphatic heterocycles. The number of rotatable bonds is 7. The largest absolute Gasteiger partial charge is 0.497 e. The van der Waals surface area contributed by atoms with Crippen molar-refractivity contribution >= 4 is 29.7 Å². The van der Waals surface area contributed by atoms with Gasteiger partial charge in [-0.15, -0.1) is 0 Å². The molecule has 0 radical (unpaired) electrons. The summed E-state index contributed by atoms with van der Waals surface area (Å²) in [6, 6.07) is 3.87. The first kappa shape index (κ1) is 25.2. The summed E-state index contributed by atoms with van der Waals surface area (Å²) in [5.74, 6) is -1.36. The van der Waals surface area contributed by atoms with Gasteiger partial charge in [-0.2, -0.15) is 0 Å². The molecule has 3 saturated heterocycles. The van der Waals surface area contributed by atoms with Crippen LogP contribution in [0.25, 0.3) is 0 Å². The minimum atomic E-state index is -1.02. The molecule has 0 saturated carbocycles. The Balaban J connectivity index is 1.51. The van der Waals surface area contributed by atoms with Crippen LogP contribution in [-0.4, -0.2) is 89.9 Å². The number of esters is 1. The van der Waals surface area contributed by atoms with Gasteiger partial charge in [0.25, 0.3) is 5.91 Å². The average molecular weight is 504 g/mol. The first-order chi connectivity index (χ1) is 17.3. The molecule has 3 aliphatic rings. The Morgan fingerprint density at radius 1 is 1.14 bits per heavy atom. The summed E-state index contributed by atoms with van der Waals surface area (Å²) >= 11 is 0. The maximum atomic E-state index is 13.5. The van der Waals surface area contributed by atoms with Crippen molar-refractivity contribution in [1.29, 1.82) is 0 Å². The lowest BCUT2D eigenvalue weighted by Crippen LogP contribution is -2.65. The van der Waals surface area contributed by atoms with Crippen LogP contribution < -0.4 is 15.5 Å². The molecule has 3 atom stereocenters. The molecule has 5 amide bonds. The number of ether oxygens (including phenoxy) is 3. The second-order valence-electron chi connectivity index (χ2n) is 8.51. The summed E-state index contributed by atoms with van der Waals surface area (Å²) in [5, 5.41) is 6.13. The summed E-state index contributed by atoms with van der Waals surface area (Å²) in [4.78, 5) is 64.1. The molecule has 13 heteroatoms. The van der Waals surface area contributed by atoms with E-state index in [9.17, 15) is 24.0 Å². The number of urea groups is 1. The van der Waals surface area contributed by atoms with Crippen LogP contribution in [-0.2, 0) is 23.9 Å². The second kappa shape index (κ2) is 10.8. The van der Waals surface area contributed by atoms with Gasteiger partial charge in [0.1, 0.15) is 17.8 Å². The highest BCUT2D eigenvalue weighted by Crippen LogP contribution is 2.25. The van der Waals surface area contributed by atoms with Crippen LogP contribution in [0.3, 0.4) is 0 Å². The van der Waals surface area contributed by atoms with Crippen LogP contribution in [0, 0.1) is 0 Å². The van der Waals surface area contributed by atoms with Gasteiger partial charge in [0.15, 0.2) is 0 Å². The summed E-state index contributed by atoms with van der Waals surface area (Å²) in [6.45, 7) is 2.23. The molecule has 1 aromatic rings. The fraction of sp³-hybridized carbons (Fsp3) is 0.522. The third-order valence-electron chi connectivity index (χ3n) is 6.18. The molecule has 36 heavy (non-hydrogen) atoms. The maximum Gasteiger partial charge on any atom is 0.358 e. The monoisotopic (exact) mass is 503 g/mol. The molecule has 0 spiro atoms. The molecule has 0 bridgehead atoms. The molecular weight excluding hydrogens is 474 g/mol. The van der Waals surface area contributed by atoms with E-state index in [0.29, 0.717) is 18.6 Å². The Kier molecular flexibility index (Phi) is 7.58. The average Bonchev–Trinajstić information content (AvgIpc) is 3.17. The normalized spacial score (nSPS) is 24.1. The van der Waals surface area contributed by atoms with E-state index >= 15 is 0 Å². The Morgan fingerprint density at radius 2 is 1.89 bits per heavy atom. The third-order valence-corrected chi connectivity index (χ3v) is 6.18. The van der Waals surface area contributed by atoms with Crippen LogP contribution >= 0.6 is 0 Å². The van der Waals surface area contributed by atoms with Crippen LogP contribution in [0.15, 0.2) is 24.3 Å². The number of cyclic esters (lactones) is 1. The van der Waals surface area contributed by atoms with E-state index in [1.54, 1.807) is 31.2 Å². The number of hydrogen-bond acceptors (Lipinski definition) is 8. The highest BCUT2D eigenvalue weighted by Gasteiger charge is 2.46. The van der Waals surface area contributed by atoms with E-state index in [0.717, 1.165) is 10.0 Å². The molecular formula is C23H29N5O8. The summed E-state index contributed by atoms with van der Waals surface area (Å²) < 4.78 is 15.6. The first-order valence-electron chi connectivity index (χ1n) is 11.8. The van der Waals surface area contributed by atoms with Gasteiger partial charge in [-0.3, -0.25) is 24.6 Å². The fourth-order valence-corrected chi connectivity index (χ4v) is 4.39. The van der Waals surface area contributed by atoms with Gasteiger partial charge in [0.2, 0.25) is 18.1 Å². The van der Waals surface area contributed by atoms with Gasteiger partial charge in [-0.1, -0.05) is 0 Å². The molecule has 13 nitrogen and oxygen atoms in total. The van der Waals surface area contributed by atoms with Crippen molar-refractivity contribution in [3.63, 3.8) is 0 Å². The van der Waals surface area contributed by atoms with E-state index in [4.69, 9.17) is 14.2 Å². The van der Waals surface area contributed by atoms with E-state index in [-0.39, 0.29) is 44.0 Å². The second-order valence-corrected chi connectivity index (χ2v) is 8.51. The fourth-order valence-electron chi connectivity index (χ4n) is 4.39. The molecule has 194 valence electrons. The molecule has 3 fully saturated rings. The lowest BCUT2D eigenvalue weighted by molar-refractivity contribution is -0.166. The lowest BCUT2D eigenvalue weighted by atomic mass is 10.1. The van der Waals surface area contributed by atoms with Gasteiger partial charge in [-0.25, -0.2) is 19.8 Å². The van der Waals surface area contributed by atoms with Crippen LogP contribution in [0.4, 0.5) is 4.79 Å². The van der Waals surface area contributed by atoms with Crippen LogP contribution in [0.1, 0.15) is 43.0 Å². The predicted octanol–water partition coefficient (Wildman–Crippen LogP) is 0.168. The molecule has 1 unspecified atom stereocenters. The van der Waals surface area contributed by atoms with Crippen molar-refractivity contribution in [2.24, 2.45) is 0 Å². The Morgan fingerprint density at radius 3 is 2.58 bits per heavy atom. The molecule has 0 aromatic heterocycles. The van der Waals surface area contributed by atoms with Crippen molar-refractivity contribution in [3.05, 3.63) is 29.8 Å². The van der Waals surface area contributed by atoms with Crippen molar-refractivity contribution in [1.82, 2.24) is 25.8 Å². The number of benzene rings is 1. The molecule has 4 rings (SSSR count). The zero-order valence-electron chi connectivity index (χ0n) is 20.1. The smallest absolute Gasteiger partial charge is 0.358 e. The highest BCUT2D eigenvalue weighted by molar-refractivity contribution is 5.96. The first-order valence-corrected chi connectivity index (χ1v) is 11.8. The topological polar surface area (TPSA) is 147 Å². The van der Waals surface area contributed by atoms with Crippen LogP contribution in [0.5, 0.6) is 5.75 Å². The Bertz CT molecular complexity index is 1030. The number of carbonyl (C=O) groups excluding carboxylic acids is 5. The number of methoxy groups -OCH3 is 1. The molecule has 0 aliphatic carbocycles. The predicted molar refractivity (Wildman–Crippen MR) is 122 cm³/mol. The van der Waals surface area contributed by atoms with Crippen LogP contribution in [0.2, 0.25) is 0 Å². The standard InChI is InChI=1S/C23H29N5O8/c1-3-35-22-16(13-19(30)36-22)24-21(32)17-5-4-11-27-18(29)10-12-26(23(33)28(17)27)25-20(31)14-6-8-15(34-2)9-7-14/h6-9,16-17,22H,3-5,10-13H2,1-2H3,(H,24,32)(H,25,31)/t16-,17-,22?/m0/s1. The van der Waals surface area contributed by atoms with Gasteiger partial charge in [0, 0.05) is 25.1 Å². The number of nitrogens with one attached hydrogen (secondary N) is 2. The van der Waals surface area contributed by atoms with E-state index in [2.05, 4.69) is 10.7 Å². The van der Waals surface area contributed by atoms with E-state index in [1.807, 2.05) is 0 Å². The van der Waals surface area contributed by atoms with E-state index < -0.39 is 42.2 Å². The molecule has 2 N–H and O–H groups in total. The SMILES string of the molecule is CCOC1OC(=O)C[C@@H]1NC(=O)[C@@H]1CCCN2C(=O)CCN(NC(=O)c3ccc(OC)cc3)C(=O)N12. The maximum absolute atomic E-state index is 13.5. The molecule has 3 heterocycles.